The van der Waals surface area contributed by atoms with Gasteiger partial charge in [0.05, 0.1) is 11.1 Å². The average Bonchev–Trinajstić information content (AvgIpc) is 3.42. The Labute approximate surface area is 172 Å². The van der Waals surface area contributed by atoms with Crippen molar-refractivity contribution in [3.05, 3.63) is 28.5 Å². The number of anilines is 1. The number of benzene rings is 1. The third-order valence-electron chi connectivity index (χ3n) is 6.70. The molecule has 3 fully saturated rings. The van der Waals surface area contributed by atoms with Crippen LogP contribution < -0.4 is 15.5 Å². The number of imide groups is 1. The molecule has 1 aromatic carbocycles. The maximum absolute atomic E-state index is 13.8. The van der Waals surface area contributed by atoms with Gasteiger partial charge in [-0.05, 0) is 49.3 Å². The van der Waals surface area contributed by atoms with E-state index in [4.69, 9.17) is 11.6 Å². The first-order valence-electron chi connectivity index (χ1n) is 10.0. The van der Waals surface area contributed by atoms with Crippen LogP contribution in [0.25, 0.3) is 0 Å². The van der Waals surface area contributed by atoms with E-state index in [0.717, 1.165) is 24.1 Å². The molecule has 0 bridgehead atoms. The summed E-state index contributed by atoms with van der Waals surface area (Å²) in [4.78, 5) is 40.9. The minimum atomic E-state index is -0.938. The van der Waals surface area contributed by atoms with Crippen molar-refractivity contribution in [1.82, 2.24) is 15.5 Å². The van der Waals surface area contributed by atoms with E-state index in [1.54, 1.807) is 6.07 Å². The Bertz CT molecular complexity index is 921. The third kappa shape index (κ3) is 3.04. The van der Waals surface area contributed by atoms with Gasteiger partial charge in [0.1, 0.15) is 11.4 Å². The van der Waals surface area contributed by atoms with Gasteiger partial charge in [-0.1, -0.05) is 11.6 Å². The lowest BCUT2D eigenvalue weighted by molar-refractivity contribution is -0.133. The number of urea groups is 1. The fraction of sp³-hybridized carbons (Fsp3) is 0.550. The first kappa shape index (κ1) is 18.7. The van der Waals surface area contributed by atoms with E-state index in [-0.39, 0.29) is 35.2 Å². The Morgan fingerprint density at radius 3 is 2.76 bits per heavy atom. The van der Waals surface area contributed by atoms with Crippen molar-refractivity contribution in [2.24, 2.45) is 5.92 Å². The van der Waals surface area contributed by atoms with Gasteiger partial charge in [-0.2, -0.15) is 0 Å². The first-order valence-corrected chi connectivity index (χ1v) is 10.4. The second-order valence-electron chi connectivity index (χ2n) is 8.44. The van der Waals surface area contributed by atoms with E-state index in [1.807, 2.05) is 4.90 Å². The smallest absolute Gasteiger partial charge is 0.322 e. The predicted octanol–water partition coefficient (Wildman–Crippen LogP) is 1.82. The van der Waals surface area contributed by atoms with Gasteiger partial charge in [0, 0.05) is 31.7 Å². The second-order valence-corrected chi connectivity index (χ2v) is 8.85. The van der Waals surface area contributed by atoms with Crippen LogP contribution >= 0.6 is 11.6 Å². The van der Waals surface area contributed by atoms with E-state index in [9.17, 15) is 18.8 Å². The van der Waals surface area contributed by atoms with E-state index in [2.05, 4.69) is 15.5 Å². The van der Waals surface area contributed by atoms with Gasteiger partial charge in [-0.25, -0.2) is 9.18 Å². The minimum absolute atomic E-state index is 0.0150. The van der Waals surface area contributed by atoms with Crippen LogP contribution in [-0.4, -0.2) is 54.0 Å². The van der Waals surface area contributed by atoms with Crippen molar-refractivity contribution in [2.45, 2.75) is 43.7 Å². The molecule has 4 aliphatic rings. The first-order chi connectivity index (χ1) is 13.9. The fourth-order valence-electron chi connectivity index (χ4n) is 5.05. The molecular weight excluding hydrogens is 399 g/mol. The topological polar surface area (TPSA) is 81.8 Å². The molecule has 2 atom stereocenters. The van der Waals surface area contributed by atoms with Crippen molar-refractivity contribution in [3.63, 3.8) is 0 Å². The van der Waals surface area contributed by atoms with E-state index < -0.39 is 17.4 Å². The number of carbonyl (C=O) groups is 3. The molecule has 4 amide bonds. The standard InChI is InChI=1S/C20H22ClFN4O3/c21-14-9-16-11(8-15(14)22)7-13-10-25(5-6-26(13)16)17(27)3-4-20(12-1-2-12)18(28)23-19(29)24-20/h8-9,12-13H,1-7,10H2,(H2,23,24,28,29)/t13-,20-/m0/s1. The second kappa shape index (κ2) is 6.58. The SMILES string of the molecule is O=C1NC(=O)[C@](CCC(=O)N2CCN3c4cc(Cl)c(F)cc4C[C@H]3C2)(C2CC2)N1. The summed E-state index contributed by atoms with van der Waals surface area (Å²) in [5, 5.41) is 5.21. The Balaban J connectivity index is 1.24. The largest absolute Gasteiger partial charge is 0.364 e. The fourth-order valence-corrected chi connectivity index (χ4v) is 5.21. The predicted molar refractivity (Wildman–Crippen MR) is 104 cm³/mol. The summed E-state index contributed by atoms with van der Waals surface area (Å²) in [6.07, 6.45) is 2.99. The van der Waals surface area contributed by atoms with Crippen LogP contribution in [0, 0.1) is 11.7 Å². The number of amides is 4. The number of fused-ring (bicyclic) bond motifs is 3. The number of rotatable bonds is 4. The highest BCUT2D eigenvalue weighted by Crippen LogP contribution is 2.44. The molecule has 0 radical (unpaired) electrons. The summed E-state index contributed by atoms with van der Waals surface area (Å²) < 4.78 is 13.8. The van der Waals surface area contributed by atoms with Crippen molar-refractivity contribution in [1.29, 1.82) is 0 Å². The molecule has 3 aliphatic heterocycles. The lowest BCUT2D eigenvalue weighted by Crippen LogP contribution is -2.54. The summed E-state index contributed by atoms with van der Waals surface area (Å²) in [5.74, 6) is -0.630. The molecule has 1 saturated carbocycles. The quantitative estimate of drug-likeness (QED) is 0.728. The van der Waals surface area contributed by atoms with Crippen molar-refractivity contribution >= 4 is 35.1 Å². The zero-order chi connectivity index (χ0) is 20.3. The number of nitrogens with zero attached hydrogens (tertiary/aromatic N) is 2. The van der Waals surface area contributed by atoms with E-state index in [0.29, 0.717) is 32.5 Å². The number of hydrogen-bond donors (Lipinski definition) is 2. The van der Waals surface area contributed by atoms with Crippen molar-refractivity contribution < 1.29 is 18.8 Å². The maximum Gasteiger partial charge on any atom is 0.322 e. The Kier molecular flexibility index (Phi) is 4.24. The highest BCUT2D eigenvalue weighted by atomic mass is 35.5. The molecular formula is C20H22ClFN4O3. The van der Waals surface area contributed by atoms with Crippen LogP contribution in [0.1, 0.15) is 31.2 Å². The average molecular weight is 421 g/mol. The van der Waals surface area contributed by atoms with Gasteiger partial charge in [-0.15, -0.1) is 0 Å². The Morgan fingerprint density at radius 2 is 2.07 bits per heavy atom. The highest BCUT2D eigenvalue weighted by molar-refractivity contribution is 6.31. The summed E-state index contributed by atoms with van der Waals surface area (Å²) >= 11 is 5.94. The molecule has 2 saturated heterocycles. The lowest BCUT2D eigenvalue weighted by Gasteiger charge is -2.39. The molecule has 9 heteroatoms. The molecule has 7 nitrogen and oxygen atoms in total. The summed E-state index contributed by atoms with van der Waals surface area (Å²) in [6.45, 7) is 1.79. The van der Waals surface area contributed by atoms with Gasteiger partial charge >= 0.3 is 6.03 Å². The van der Waals surface area contributed by atoms with Gasteiger partial charge in [-0.3, -0.25) is 14.9 Å². The number of halogens is 2. The molecule has 154 valence electrons. The van der Waals surface area contributed by atoms with Crippen LogP contribution in [0.15, 0.2) is 12.1 Å². The molecule has 5 rings (SSSR count). The summed E-state index contributed by atoms with van der Waals surface area (Å²) in [5.41, 5.74) is 0.933. The molecule has 29 heavy (non-hydrogen) atoms. The number of hydrogen-bond acceptors (Lipinski definition) is 4. The molecule has 3 heterocycles. The summed E-state index contributed by atoms with van der Waals surface area (Å²) in [7, 11) is 0. The highest BCUT2D eigenvalue weighted by Gasteiger charge is 2.55. The van der Waals surface area contributed by atoms with E-state index >= 15 is 0 Å². The lowest BCUT2D eigenvalue weighted by atomic mass is 9.87. The molecule has 0 spiro atoms. The molecule has 2 N–H and O–H groups in total. The number of carbonyl (C=O) groups excluding carboxylic acids is 3. The molecule has 0 unspecified atom stereocenters. The normalized spacial score (nSPS) is 28.1. The Morgan fingerprint density at radius 1 is 1.28 bits per heavy atom. The van der Waals surface area contributed by atoms with Gasteiger partial charge < -0.3 is 15.1 Å². The van der Waals surface area contributed by atoms with Gasteiger partial charge in [0.25, 0.3) is 5.91 Å². The van der Waals surface area contributed by atoms with Crippen LogP contribution in [0.3, 0.4) is 0 Å². The minimum Gasteiger partial charge on any atom is -0.364 e. The van der Waals surface area contributed by atoms with Gasteiger partial charge in [0.15, 0.2) is 0 Å². The molecule has 1 aromatic rings. The summed E-state index contributed by atoms with van der Waals surface area (Å²) in [6, 6.07) is 2.79. The molecule has 1 aliphatic carbocycles. The molecule has 0 aromatic heterocycles. The Hall–Kier alpha value is -2.35. The van der Waals surface area contributed by atoms with Crippen LogP contribution in [0.4, 0.5) is 14.9 Å². The van der Waals surface area contributed by atoms with E-state index in [1.165, 1.54) is 6.07 Å². The number of piperazine rings is 1. The van der Waals surface area contributed by atoms with Crippen molar-refractivity contribution in [2.75, 3.05) is 24.5 Å². The van der Waals surface area contributed by atoms with Crippen LogP contribution in [0.2, 0.25) is 5.02 Å². The van der Waals surface area contributed by atoms with Crippen molar-refractivity contribution in [3.8, 4) is 0 Å². The van der Waals surface area contributed by atoms with Crippen LogP contribution in [-0.2, 0) is 16.0 Å². The zero-order valence-corrected chi connectivity index (χ0v) is 16.6. The monoisotopic (exact) mass is 420 g/mol. The maximum atomic E-state index is 13.8. The van der Waals surface area contributed by atoms with Crippen LogP contribution in [0.5, 0.6) is 0 Å². The van der Waals surface area contributed by atoms with Gasteiger partial charge in [0.2, 0.25) is 5.91 Å². The third-order valence-corrected chi connectivity index (χ3v) is 6.99. The number of nitrogens with one attached hydrogen (secondary N) is 2. The zero-order valence-electron chi connectivity index (χ0n) is 15.8.